The fraction of sp³-hybridized carbons (Fsp3) is 0.267. The van der Waals surface area contributed by atoms with Crippen molar-refractivity contribution in [2.24, 2.45) is 0 Å². The molecular formula is C15H17N5O2. The molecule has 3 rings (SSSR count). The van der Waals surface area contributed by atoms with Crippen LogP contribution in [-0.4, -0.2) is 33.8 Å². The highest BCUT2D eigenvalue weighted by molar-refractivity contribution is 5.84. The number of fused-ring (bicyclic) bond motifs is 1. The summed E-state index contributed by atoms with van der Waals surface area (Å²) >= 11 is 0. The van der Waals surface area contributed by atoms with Gasteiger partial charge < -0.3 is 15.0 Å². The maximum atomic E-state index is 11.5. The Labute approximate surface area is 126 Å². The molecule has 0 fully saturated rings. The average molecular weight is 299 g/mol. The van der Waals surface area contributed by atoms with Gasteiger partial charge in [-0.3, -0.25) is 9.78 Å². The number of anilines is 1. The van der Waals surface area contributed by atoms with Gasteiger partial charge in [0, 0.05) is 29.7 Å². The van der Waals surface area contributed by atoms with Gasteiger partial charge in [-0.05, 0) is 31.0 Å². The molecule has 0 saturated heterocycles. The lowest BCUT2D eigenvalue weighted by Gasteiger charge is -2.04. The predicted octanol–water partition coefficient (Wildman–Crippen LogP) is 1.62. The monoisotopic (exact) mass is 299 g/mol. The normalized spacial score (nSPS) is 10.8. The molecule has 1 aromatic carbocycles. The molecule has 0 atom stereocenters. The van der Waals surface area contributed by atoms with E-state index in [0.29, 0.717) is 18.2 Å². The van der Waals surface area contributed by atoms with Gasteiger partial charge in [-0.25, -0.2) is 0 Å². The number of hydrogen-bond acceptors (Lipinski definition) is 5. The largest absolute Gasteiger partial charge is 0.497 e. The van der Waals surface area contributed by atoms with Gasteiger partial charge in [0.1, 0.15) is 11.4 Å². The molecule has 7 heteroatoms. The molecule has 2 aromatic heterocycles. The summed E-state index contributed by atoms with van der Waals surface area (Å²) < 4.78 is 5.21. The molecule has 0 aliphatic carbocycles. The third-order valence-corrected chi connectivity index (χ3v) is 3.52. The van der Waals surface area contributed by atoms with Crippen LogP contribution in [0.4, 0.5) is 5.95 Å². The number of nitrogens with one attached hydrogen (secondary N) is 3. The minimum Gasteiger partial charge on any atom is -0.497 e. The zero-order chi connectivity index (χ0) is 15.5. The molecule has 7 nitrogen and oxygen atoms in total. The minimum atomic E-state index is -0.225. The van der Waals surface area contributed by atoms with Gasteiger partial charge in [0.15, 0.2) is 0 Å². The first kappa shape index (κ1) is 14.1. The number of nitrogens with zero attached hydrogens (tertiary/aromatic N) is 2. The van der Waals surface area contributed by atoms with Crippen molar-refractivity contribution >= 4 is 16.9 Å². The van der Waals surface area contributed by atoms with Crippen LogP contribution in [0.5, 0.6) is 5.75 Å². The molecule has 3 N–H and O–H groups in total. The summed E-state index contributed by atoms with van der Waals surface area (Å²) in [5, 5.41) is 11.9. The van der Waals surface area contributed by atoms with E-state index in [1.807, 2.05) is 24.4 Å². The van der Waals surface area contributed by atoms with Crippen molar-refractivity contribution in [3.63, 3.8) is 0 Å². The van der Waals surface area contributed by atoms with Crippen LogP contribution < -0.4 is 15.6 Å². The lowest BCUT2D eigenvalue weighted by atomic mass is 10.1. The van der Waals surface area contributed by atoms with E-state index < -0.39 is 0 Å². The molecule has 0 aliphatic rings. The number of aromatic amines is 2. The number of methoxy groups -OCH3 is 1. The van der Waals surface area contributed by atoms with E-state index in [4.69, 9.17) is 4.74 Å². The Balaban J connectivity index is 1.68. The van der Waals surface area contributed by atoms with Crippen molar-refractivity contribution in [2.75, 3.05) is 19.0 Å². The Hall–Kier alpha value is -2.83. The van der Waals surface area contributed by atoms with E-state index in [1.165, 1.54) is 5.56 Å². The topological polar surface area (TPSA) is 95.7 Å². The SMILES string of the molecule is COc1ccc2c(CCNc3nnc(C)c(=O)[nH]3)c[nH]c2c1. The van der Waals surface area contributed by atoms with Gasteiger partial charge in [-0.1, -0.05) is 0 Å². The summed E-state index contributed by atoms with van der Waals surface area (Å²) in [6.07, 6.45) is 2.78. The highest BCUT2D eigenvalue weighted by Gasteiger charge is 2.05. The van der Waals surface area contributed by atoms with Gasteiger partial charge in [0.05, 0.1) is 7.11 Å². The van der Waals surface area contributed by atoms with E-state index >= 15 is 0 Å². The zero-order valence-electron chi connectivity index (χ0n) is 12.4. The van der Waals surface area contributed by atoms with Crippen molar-refractivity contribution in [3.05, 3.63) is 46.0 Å². The first-order valence-electron chi connectivity index (χ1n) is 6.99. The predicted molar refractivity (Wildman–Crippen MR) is 84.4 cm³/mol. The van der Waals surface area contributed by atoms with Gasteiger partial charge in [0.2, 0.25) is 5.95 Å². The number of benzene rings is 1. The van der Waals surface area contributed by atoms with Crippen LogP contribution in [0, 0.1) is 6.92 Å². The fourth-order valence-corrected chi connectivity index (χ4v) is 2.29. The van der Waals surface area contributed by atoms with Crippen LogP contribution in [0.1, 0.15) is 11.3 Å². The number of rotatable bonds is 5. The van der Waals surface area contributed by atoms with Crippen LogP contribution in [0.25, 0.3) is 10.9 Å². The second kappa shape index (κ2) is 5.88. The van der Waals surface area contributed by atoms with Crippen molar-refractivity contribution in [1.29, 1.82) is 0 Å². The van der Waals surface area contributed by atoms with Crippen molar-refractivity contribution < 1.29 is 4.74 Å². The van der Waals surface area contributed by atoms with E-state index in [2.05, 4.69) is 25.5 Å². The Morgan fingerprint density at radius 3 is 2.95 bits per heavy atom. The second-order valence-corrected chi connectivity index (χ2v) is 4.99. The average Bonchev–Trinajstić information content (AvgIpc) is 2.93. The Morgan fingerprint density at radius 1 is 1.32 bits per heavy atom. The van der Waals surface area contributed by atoms with E-state index in [-0.39, 0.29) is 5.56 Å². The molecule has 0 amide bonds. The number of H-pyrrole nitrogens is 2. The number of aromatic nitrogens is 4. The smallest absolute Gasteiger partial charge is 0.273 e. The van der Waals surface area contributed by atoms with Gasteiger partial charge in [-0.2, -0.15) is 0 Å². The van der Waals surface area contributed by atoms with Gasteiger partial charge in [0.25, 0.3) is 5.56 Å². The molecule has 0 aliphatic heterocycles. The first-order chi connectivity index (χ1) is 10.7. The fourth-order valence-electron chi connectivity index (χ4n) is 2.29. The molecule has 0 bridgehead atoms. The van der Waals surface area contributed by atoms with Crippen LogP contribution >= 0.6 is 0 Å². The summed E-state index contributed by atoms with van der Waals surface area (Å²) in [4.78, 5) is 17.3. The van der Waals surface area contributed by atoms with Crippen molar-refractivity contribution in [1.82, 2.24) is 20.2 Å². The van der Waals surface area contributed by atoms with E-state index in [1.54, 1.807) is 14.0 Å². The highest BCUT2D eigenvalue weighted by Crippen LogP contribution is 2.23. The highest BCUT2D eigenvalue weighted by atomic mass is 16.5. The summed E-state index contributed by atoms with van der Waals surface area (Å²) in [6.45, 7) is 2.27. The zero-order valence-corrected chi connectivity index (χ0v) is 12.4. The van der Waals surface area contributed by atoms with E-state index in [9.17, 15) is 4.79 Å². The Kier molecular flexibility index (Phi) is 3.78. The molecule has 22 heavy (non-hydrogen) atoms. The number of aryl methyl sites for hydroxylation is 1. The van der Waals surface area contributed by atoms with Crippen LogP contribution in [0.15, 0.2) is 29.2 Å². The number of hydrogen-bond donors (Lipinski definition) is 3. The van der Waals surface area contributed by atoms with Gasteiger partial charge >= 0.3 is 0 Å². The number of ether oxygens (including phenoxy) is 1. The summed E-state index contributed by atoms with van der Waals surface area (Å²) in [5.74, 6) is 1.21. The molecule has 2 heterocycles. The lowest BCUT2D eigenvalue weighted by Crippen LogP contribution is -2.18. The first-order valence-corrected chi connectivity index (χ1v) is 6.99. The van der Waals surface area contributed by atoms with Crippen molar-refractivity contribution in [2.45, 2.75) is 13.3 Å². The molecule has 0 saturated carbocycles. The second-order valence-electron chi connectivity index (χ2n) is 4.99. The van der Waals surface area contributed by atoms with E-state index in [0.717, 1.165) is 23.1 Å². The molecule has 0 radical (unpaired) electrons. The molecule has 0 spiro atoms. The summed E-state index contributed by atoms with van der Waals surface area (Å²) in [5.41, 5.74) is 2.36. The van der Waals surface area contributed by atoms with Crippen LogP contribution in [0.3, 0.4) is 0 Å². The Morgan fingerprint density at radius 2 is 2.18 bits per heavy atom. The standard InChI is InChI=1S/C15H17N5O2/c1-9-14(21)18-15(20-19-9)16-6-5-10-8-17-13-7-11(22-2)3-4-12(10)13/h3-4,7-8,17H,5-6H2,1-2H3,(H2,16,18,20,21). The van der Waals surface area contributed by atoms with Crippen LogP contribution in [0.2, 0.25) is 0 Å². The Bertz CT molecular complexity index is 853. The third-order valence-electron chi connectivity index (χ3n) is 3.52. The van der Waals surface area contributed by atoms with Crippen molar-refractivity contribution in [3.8, 4) is 5.75 Å². The lowest BCUT2D eigenvalue weighted by molar-refractivity contribution is 0.415. The maximum Gasteiger partial charge on any atom is 0.273 e. The summed E-state index contributed by atoms with van der Waals surface area (Å²) in [6, 6.07) is 5.94. The molecular weight excluding hydrogens is 282 g/mol. The minimum absolute atomic E-state index is 0.225. The molecule has 0 unspecified atom stereocenters. The molecule has 114 valence electrons. The van der Waals surface area contributed by atoms with Crippen LogP contribution in [-0.2, 0) is 6.42 Å². The molecule has 3 aromatic rings. The quantitative estimate of drug-likeness (QED) is 0.665. The third kappa shape index (κ3) is 2.78. The summed E-state index contributed by atoms with van der Waals surface area (Å²) in [7, 11) is 1.65. The maximum absolute atomic E-state index is 11.5. The van der Waals surface area contributed by atoms with Gasteiger partial charge in [-0.15, -0.1) is 10.2 Å².